The van der Waals surface area contributed by atoms with Gasteiger partial charge in [-0.25, -0.2) is 4.79 Å². The van der Waals surface area contributed by atoms with Crippen molar-refractivity contribution in [3.8, 4) is 0 Å². The second-order valence-electron chi connectivity index (χ2n) is 6.92. The van der Waals surface area contributed by atoms with Crippen molar-refractivity contribution in [3.63, 3.8) is 0 Å². The molecule has 6 nitrogen and oxygen atoms in total. The molecule has 0 radical (unpaired) electrons. The first-order chi connectivity index (χ1) is 11.8. The lowest BCUT2D eigenvalue weighted by atomic mass is 9.79. The molecule has 2 aliphatic carbocycles. The van der Waals surface area contributed by atoms with Crippen LogP contribution in [-0.4, -0.2) is 29.6 Å². The summed E-state index contributed by atoms with van der Waals surface area (Å²) in [5.74, 6) is -2.56. The molecule has 2 fully saturated rings. The van der Waals surface area contributed by atoms with Gasteiger partial charge in [0.1, 0.15) is 5.00 Å². The number of hydrogen-bond donors (Lipinski definition) is 2. The maximum Gasteiger partial charge on any atom is 0.341 e. The highest BCUT2D eigenvalue weighted by Gasteiger charge is 2.54. The predicted molar refractivity (Wildman–Crippen MR) is 93.8 cm³/mol. The Morgan fingerprint density at radius 2 is 1.84 bits per heavy atom. The largest absolute Gasteiger partial charge is 0.481 e. The Morgan fingerprint density at radius 3 is 2.44 bits per heavy atom. The van der Waals surface area contributed by atoms with E-state index in [2.05, 4.69) is 5.32 Å². The zero-order valence-corrected chi connectivity index (χ0v) is 15.4. The number of anilines is 1. The third-order valence-corrected chi connectivity index (χ3v) is 6.73. The normalized spacial score (nSPS) is 27.3. The Hall–Kier alpha value is -1.89. The van der Waals surface area contributed by atoms with Gasteiger partial charge in [0.25, 0.3) is 0 Å². The Balaban J connectivity index is 1.85. The molecule has 4 unspecified atom stereocenters. The molecule has 136 valence electrons. The summed E-state index contributed by atoms with van der Waals surface area (Å²) in [4.78, 5) is 37.7. The number of aryl methyl sites for hydroxylation is 1. The van der Waals surface area contributed by atoms with E-state index in [0.29, 0.717) is 10.6 Å². The first-order valence-corrected chi connectivity index (χ1v) is 9.47. The molecular formula is C18H23NO5S. The summed E-state index contributed by atoms with van der Waals surface area (Å²) in [7, 11) is 0. The Kier molecular flexibility index (Phi) is 4.86. The van der Waals surface area contributed by atoms with Gasteiger partial charge in [0.05, 0.1) is 24.0 Å². The predicted octanol–water partition coefficient (Wildman–Crippen LogP) is 3.23. The topological polar surface area (TPSA) is 92.7 Å². The van der Waals surface area contributed by atoms with Gasteiger partial charge >= 0.3 is 11.9 Å². The van der Waals surface area contributed by atoms with Crippen LogP contribution in [0.1, 0.15) is 47.0 Å². The molecule has 2 saturated carbocycles. The van der Waals surface area contributed by atoms with E-state index < -0.39 is 23.8 Å². The first kappa shape index (κ1) is 17.9. The third kappa shape index (κ3) is 3.05. The molecule has 1 amide bonds. The highest BCUT2D eigenvalue weighted by Crippen LogP contribution is 2.52. The quantitative estimate of drug-likeness (QED) is 0.782. The number of aliphatic carboxylic acids is 1. The summed E-state index contributed by atoms with van der Waals surface area (Å²) in [5, 5.41) is 12.8. The van der Waals surface area contributed by atoms with Gasteiger partial charge in [0, 0.05) is 4.88 Å². The van der Waals surface area contributed by atoms with Crippen molar-refractivity contribution < 1.29 is 24.2 Å². The highest BCUT2D eigenvalue weighted by atomic mass is 32.1. The third-order valence-electron chi connectivity index (χ3n) is 5.61. The standard InChI is InChI=1S/C18H23NO5S/c1-4-24-18(23)12-8(2)9(3)25-16(12)19-15(20)13-10-5-6-11(7-10)14(13)17(21)22/h10-11,13-14H,4-7H2,1-3H3,(H,19,20)(H,21,22). The molecule has 0 spiro atoms. The summed E-state index contributed by atoms with van der Waals surface area (Å²) in [6.45, 7) is 5.70. The number of rotatable bonds is 5. The number of esters is 1. The average Bonchev–Trinajstić information content (AvgIpc) is 3.21. The maximum absolute atomic E-state index is 12.9. The lowest BCUT2D eigenvalue weighted by Gasteiger charge is -2.26. The van der Waals surface area contributed by atoms with Crippen LogP contribution in [0, 0.1) is 37.5 Å². The first-order valence-electron chi connectivity index (χ1n) is 8.65. The van der Waals surface area contributed by atoms with Crippen LogP contribution >= 0.6 is 11.3 Å². The van der Waals surface area contributed by atoms with Gasteiger partial charge in [0.15, 0.2) is 0 Å². The minimum Gasteiger partial charge on any atom is -0.481 e. The summed E-state index contributed by atoms with van der Waals surface area (Å²) in [5.41, 5.74) is 1.18. The van der Waals surface area contributed by atoms with Crippen LogP contribution in [-0.2, 0) is 14.3 Å². The van der Waals surface area contributed by atoms with E-state index in [-0.39, 0.29) is 24.3 Å². The fourth-order valence-corrected chi connectivity index (χ4v) is 5.43. The van der Waals surface area contributed by atoms with Gasteiger partial charge in [-0.05, 0) is 57.4 Å². The molecule has 0 aliphatic heterocycles. The Morgan fingerprint density at radius 1 is 1.20 bits per heavy atom. The number of amides is 1. The van der Waals surface area contributed by atoms with Crippen molar-refractivity contribution in [2.24, 2.45) is 23.7 Å². The van der Waals surface area contributed by atoms with Gasteiger partial charge in [0.2, 0.25) is 5.91 Å². The number of thiophene rings is 1. The second kappa shape index (κ2) is 6.78. The monoisotopic (exact) mass is 365 g/mol. The zero-order valence-electron chi connectivity index (χ0n) is 14.6. The molecule has 1 aromatic heterocycles. The van der Waals surface area contributed by atoms with Crippen molar-refractivity contribution in [2.45, 2.75) is 40.0 Å². The number of fused-ring (bicyclic) bond motifs is 2. The molecule has 25 heavy (non-hydrogen) atoms. The maximum atomic E-state index is 12.9. The average molecular weight is 365 g/mol. The van der Waals surface area contributed by atoms with Gasteiger partial charge < -0.3 is 15.2 Å². The number of ether oxygens (including phenoxy) is 1. The van der Waals surface area contributed by atoms with Gasteiger partial charge in [-0.3, -0.25) is 9.59 Å². The van der Waals surface area contributed by atoms with Crippen LogP contribution in [0.25, 0.3) is 0 Å². The molecule has 1 aromatic rings. The number of nitrogens with one attached hydrogen (secondary N) is 1. The lowest BCUT2D eigenvalue weighted by molar-refractivity contribution is -0.148. The molecule has 2 N–H and O–H groups in total. The Bertz CT molecular complexity index is 725. The summed E-state index contributed by atoms with van der Waals surface area (Å²) in [6, 6.07) is 0. The van der Waals surface area contributed by atoms with Crippen LogP contribution in [0.5, 0.6) is 0 Å². The van der Waals surface area contributed by atoms with Gasteiger partial charge in [-0.15, -0.1) is 11.3 Å². The minimum atomic E-state index is -0.892. The molecule has 1 heterocycles. The number of carbonyl (C=O) groups is 3. The summed E-state index contributed by atoms with van der Waals surface area (Å²) < 4.78 is 5.10. The van der Waals surface area contributed by atoms with E-state index in [0.717, 1.165) is 29.7 Å². The molecule has 7 heteroatoms. The fraction of sp³-hybridized carbons (Fsp3) is 0.611. The van der Waals surface area contributed by atoms with Crippen LogP contribution in [0.2, 0.25) is 0 Å². The van der Waals surface area contributed by atoms with Crippen molar-refractivity contribution in [1.82, 2.24) is 0 Å². The van der Waals surface area contributed by atoms with E-state index in [1.54, 1.807) is 6.92 Å². The number of carbonyl (C=O) groups excluding carboxylic acids is 2. The minimum absolute atomic E-state index is 0.0922. The smallest absolute Gasteiger partial charge is 0.341 e. The SMILES string of the molecule is CCOC(=O)c1c(NC(=O)C2C3CCC(C3)C2C(=O)O)sc(C)c1C. The molecule has 2 aliphatic rings. The number of carboxylic acids is 1. The van der Waals surface area contributed by atoms with E-state index in [1.807, 2.05) is 13.8 Å². The molecule has 2 bridgehead atoms. The fourth-order valence-electron chi connectivity index (χ4n) is 4.38. The van der Waals surface area contributed by atoms with E-state index in [4.69, 9.17) is 4.74 Å². The highest BCUT2D eigenvalue weighted by molar-refractivity contribution is 7.16. The zero-order chi connectivity index (χ0) is 18.3. The van der Waals surface area contributed by atoms with Crippen molar-refractivity contribution >= 4 is 34.2 Å². The van der Waals surface area contributed by atoms with Gasteiger partial charge in [-0.1, -0.05) is 0 Å². The second-order valence-corrected chi connectivity index (χ2v) is 8.14. The van der Waals surface area contributed by atoms with Crippen LogP contribution in [0.15, 0.2) is 0 Å². The number of hydrogen-bond acceptors (Lipinski definition) is 5. The van der Waals surface area contributed by atoms with E-state index in [9.17, 15) is 19.5 Å². The lowest BCUT2D eigenvalue weighted by Crippen LogP contribution is -2.38. The van der Waals surface area contributed by atoms with Crippen LogP contribution < -0.4 is 5.32 Å². The van der Waals surface area contributed by atoms with Crippen molar-refractivity contribution in [1.29, 1.82) is 0 Å². The van der Waals surface area contributed by atoms with Crippen LogP contribution in [0.4, 0.5) is 5.00 Å². The van der Waals surface area contributed by atoms with E-state index in [1.165, 1.54) is 11.3 Å². The van der Waals surface area contributed by atoms with Crippen LogP contribution in [0.3, 0.4) is 0 Å². The molecule has 0 aromatic carbocycles. The summed E-state index contributed by atoms with van der Waals surface area (Å²) >= 11 is 1.33. The summed E-state index contributed by atoms with van der Waals surface area (Å²) in [6.07, 6.45) is 2.60. The van der Waals surface area contributed by atoms with E-state index >= 15 is 0 Å². The molecule has 3 rings (SSSR count). The Labute approximate surface area is 150 Å². The molecular weight excluding hydrogens is 342 g/mol. The van der Waals surface area contributed by atoms with Gasteiger partial charge in [-0.2, -0.15) is 0 Å². The molecule has 4 atom stereocenters. The van der Waals surface area contributed by atoms with Crippen molar-refractivity contribution in [2.75, 3.05) is 11.9 Å². The van der Waals surface area contributed by atoms with Crippen molar-refractivity contribution in [3.05, 3.63) is 16.0 Å². The molecule has 0 saturated heterocycles. The number of carboxylic acid groups (broad SMARTS) is 1.